The molecule has 0 radical (unpaired) electrons. The van der Waals surface area contributed by atoms with Gasteiger partial charge in [0.05, 0.1) is 23.5 Å². The summed E-state index contributed by atoms with van der Waals surface area (Å²) in [6.07, 6.45) is -3.11. The second-order valence-electron chi connectivity index (χ2n) is 6.48. The zero-order valence-corrected chi connectivity index (χ0v) is 14.4. The van der Waals surface area contributed by atoms with Gasteiger partial charge in [-0.3, -0.25) is 14.3 Å². The molecule has 1 unspecified atom stereocenters. The van der Waals surface area contributed by atoms with Crippen molar-refractivity contribution < 1.29 is 17.6 Å². The van der Waals surface area contributed by atoms with Gasteiger partial charge in [0, 0.05) is 7.05 Å². The largest absolute Gasteiger partial charge is 0.470 e. The van der Waals surface area contributed by atoms with Crippen LogP contribution in [0.3, 0.4) is 0 Å². The molecule has 142 valence electrons. The van der Waals surface area contributed by atoms with Crippen molar-refractivity contribution in [3.05, 3.63) is 52.2 Å². The average molecular weight is 379 g/mol. The smallest absolute Gasteiger partial charge is 0.416 e. The summed E-state index contributed by atoms with van der Waals surface area (Å²) in [5, 5.41) is 7.09. The molecule has 1 fully saturated rings. The van der Waals surface area contributed by atoms with Crippen molar-refractivity contribution in [1.29, 1.82) is 0 Å². The van der Waals surface area contributed by atoms with Gasteiger partial charge >= 0.3 is 12.1 Å². The quantitative estimate of drug-likeness (QED) is 0.696. The molecular weight excluding hydrogens is 363 g/mol. The summed E-state index contributed by atoms with van der Waals surface area (Å²) < 4.78 is 44.2. The van der Waals surface area contributed by atoms with Crippen LogP contribution < -0.4 is 5.56 Å². The van der Waals surface area contributed by atoms with E-state index in [9.17, 15) is 18.0 Å². The summed E-state index contributed by atoms with van der Waals surface area (Å²) in [6, 6.07) is 6.86. The molecule has 1 aliphatic rings. The summed E-state index contributed by atoms with van der Waals surface area (Å²) in [4.78, 5) is 19.2. The van der Waals surface area contributed by atoms with E-state index in [1.165, 1.54) is 4.57 Å². The van der Waals surface area contributed by atoms with Gasteiger partial charge < -0.3 is 4.42 Å². The SMILES string of the molecule is Cn1c(C2CCCN2Cc2nnc(C(F)(F)F)o2)nc2ccccc2c1=O. The number of hydrogen-bond acceptors (Lipinski definition) is 6. The van der Waals surface area contributed by atoms with Gasteiger partial charge in [-0.05, 0) is 31.5 Å². The lowest BCUT2D eigenvalue weighted by Gasteiger charge is -2.24. The van der Waals surface area contributed by atoms with Crippen molar-refractivity contribution >= 4 is 10.9 Å². The summed E-state index contributed by atoms with van der Waals surface area (Å²) in [5.74, 6) is -0.892. The topological polar surface area (TPSA) is 77.1 Å². The lowest BCUT2D eigenvalue weighted by atomic mass is 10.1. The van der Waals surface area contributed by atoms with Gasteiger partial charge in [-0.2, -0.15) is 13.2 Å². The molecule has 0 amide bonds. The van der Waals surface area contributed by atoms with Crippen LogP contribution in [0.1, 0.15) is 36.5 Å². The molecule has 0 bridgehead atoms. The predicted octanol–water partition coefficient (Wildman–Crippen LogP) is 2.67. The monoisotopic (exact) mass is 379 g/mol. The zero-order valence-electron chi connectivity index (χ0n) is 14.4. The van der Waals surface area contributed by atoms with Crippen LogP contribution in [0.4, 0.5) is 13.2 Å². The first-order chi connectivity index (χ1) is 12.8. The molecule has 1 saturated heterocycles. The van der Waals surface area contributed by atoms with Crippen LogP contribution in [0.25, 0.3) is 10.9 Å². The standard InChI is InChI=1S/C17H16F3N5O2/c1-24-14(21-11-6-3-2-5-10(11)15(24)26)12-7-4-8-25(12)9-13-22-23-16(27-13)17(18,19)20/h2-3,5-6,12H,4,7-9H2,1H3. The summed E-state index contributed by atoms with van der Waals surface area (Å²) in [5.41, 5.74) is 0.444. The molecule has 3 heterocycles. The molecule has 27 heavy (non-hydrogen) atoms. The van der Waals surface area contributed by atoms with Crippen molar-refractivity contribution in [2.45, 2.75) is 31.6 Å². The highest BCUT2D eigenvalue weighted by Crippen LogP contribution is 2.33. The van der Waals surface area contributed by atoms with Crippen LogP contribution in [0, 0.1) is 0 Å². The van der Waals surface area contributed by atoms with Gasteiger partial charge in [-0.1, -0.05) is 12.1 Å². The second-order valence-corrected chi connectivity index (χ2v) is 6.48. The lowest BCUT2D eigenvalue weighted by Crippen LogP contribution is -2.30. The molecule has 0 N–H and O–H groups in total. The van der Waals surface area contributed by atoms with Crippen molar-refractivity contribution in [2.75, 3.05) is 6.54 Å². The third kappa shape index (κ3) is 3.20. The second kappa shape index (κ2) is 6.45. The van der Waals surface area contributed by atoms with Crippen molar-refractivity contribution in [3.8, 4) is 0 Å². The maximum absolute atomic E-state index is 12.6. The first-order valence-electron chi connectivity index (χ1n) is 8.44. The van der Waals surface area contributed by atoms with Gasteiger partial charge in [0.1, 0.15) is 5.82 Å². The lowest BCUT2D eigenvalue weighted by molar-refractivity contribution is -0.157. The highest BCUT2D eigenvalue weighted by Gasteiger charge is 2.39. The number of benzene rings is 1. The Bertz CT molecular complexity index is 1040. The highest BCUT2D eigenvalue weighted by molar-refractivity contribution is 5.77. The number of para-hydroxylation sites is 1. The van der Waals surface area contributed by atoms with Gasteiger partial charge in [-0.15, -0.1) is 10.2 Å². The number of likely N-dealkylation sites (tertiary alicyclic amines) is 1. The van der Waals surface area contributed by atoms with E-state index in [-0.39, 0.29) is 24.0 Å². The van der Waals surface area contributed by atoms with E-state index >= 15 is 0 Å². The van der Waals surface area contributed by atoms with Gasteiger partial charge in [0.25, 0.3) is 5.56 Å². The van der Waals surface area contributed by atoms with Gasteiger partial charge in [0.2, 0.25) is 5.89 Å². The molecule has 7 nitrogen and oxygen atoms in total. The summed E-state index contributed by atoms with van der Waals surface area (Å²) in [6.45, 7) is 0.702. The Kier molecular flexibility index (Phi) is 4.22. The molecule has 0 saturated carbocycles. The number of rotatable bonds is 3. The molecule has 0 spiro atoms. The molecule has 2 aromatic heterocycles. The van der Waals surface area contributed by atoms with Crippen LogP contribution in [-0.4, -0.2) is 31.2 Å². The van der Waals surface area contributed by atoms with Gasteiger partial charge in [-0.25, -0.2) is 4.98 Å². The average Bonchev–Trinajstić information content (AvgIpc) is 3.28. The summed E-state index contributed by atoms with van der Waals surface area (Å²) in [7, 11) is 1.65. The van der Waals surface area contributed by atoms with E-state index in [2.05, 4.69) is 15.2 Å². The molecular formula is C17H16F3N5O2. The Morgan fingerprint density at radius 1 is 1.26 bits per heavy atom. The third-order valence-corrected chi connectivity index (χ3v) is 4.73. The minimum Gasteiger partial charge on any atom is -0.416 e. The van der Waals surface area contributed by atoms with Crippen LogP contribution >= 0.6 is 0 Å². The number of hydrogen-bond donors (Lipinski definition) is 0. The van der Waals surface area contributed by atoms with E-state index in [0.29, 0.717) is 23.3 Å². The molecule has 1 atom stereocenters. The fourth-order valence-corrected chi connectivity index (χ4v) is 3.45. The number of halogens is 3. The molecule has 10 heteroatoms. The Morgan fingerprint density at radius 3 is 2.78 bits per heavy atom. The zero-order chi connectivity index (χ0) is 19.2. The Hall–Kier alpha value is -2.75. The van der Waals surface area contributed by atoms with Crippen LogP contribution in [0.2, 0.25) is 0 Å². The number of aromatic nitrogens is 4. The maximum atomic E-state index is 12.6. The van der Waals surface area contributed by atoms with Crippen LogP contribution in [0.15, 0.2) is 33.5 Å². The fraction of sp³-hybridized carbons (Fsp3) is 0.412. The Morgan fingerprint density at radius 2 is 2.04 bits per heavy atom. The first-order valence-corrected chi connectivity index (χ1v) is 8.44. The van der Waals surface area contributed by atoms with E-state index in [1.54, 1.807) is 25.2 Å². The summed E-state index contributed by atoms with van der Waals surface area (Å²) >= 11 is 0. The molecule has 0 aliphatic carbocycles. The third-order valence-electron chi connectivity index (χ3n) is 4.73. The van der Waals surface area contributed by atoms with Crippen LogP contribution in [-0.2, 0) is 19.8 Å². The first kappa shape index (κ1) is 17.7. The van der Waals surface area contributed by atoms with Crippen molar-refractivity contribution in [3.63, 3.8) is 0 Å². The Balaban J connectivity index is 1.66. The number of fused-ring (bicyclic) bond motifs is 1. The maximum Gasteiger partial charge on any atom is 0.470 e. The number of nitrogens with zero attached hydrogens (tertiary/aromatic N) is 5. The van der Waals surface area contributed by atoms with E-state index in [4.69, 9.17) is 4.42 Å². The van der Waals surface area contributed by atoms with Crippen molar-refractivity contribution in [2.24, 2.45) is 7.05 Å². The molecule has 1 aliphatic heterocycles. The molecule has 3 aromatic rings. The highest BCUT2D eigenvalue weighted by atomic mass is 19.4. The normalized spacial score (nSPS) is 18.4. The van der Waals surface area contributed by atoms with Gasteiger partial charge in [0.15, 0.2) is 0 Å². The number of alkyl halides is 3. The predicted molar refractivity (Wildman–Crippen MR) is 88.7 cm³/mol. The Labute approximate surface area is 151 Å². The fourth-order valence-electron chi connectivity index (χ4n) is 3.45. The van der Waals surface area contributed by atoms with E-state index in [1.807, 2.05) is 11.0 Å². The molecule has 4 rings (SSSR count). The van der Waals surface area contributed by atoms with Crippen molar-refractivity contribution in [1.82, 2.24) is 24.6 Å². The van der Waals surface area contributed by atoms with E-state index in [0.717, 1.165) is 12.8 Å². The van der Waals surface area contributed by atoms with E-state index < -0.39 is 12.1 Å². The molecule has 1 aromatic carbocycles. The minimum absolute atomic E-state index is 0.0659. The van der Waals surface area contributed by atoms with Crippen LogP contribution in [0.5, 0.6) is 0 Å². The minimum atomic E-state index is -4.67.